The molecule has 1 aromatic rings. The summed E-state index contributed by atoms with van der Waals surface area (Å²) in [5.74, 6) is 1.55. The highest BCUT2D eigenvalue weighted by Crippen LogP contribution is 2.14. The van der Waals surface area contributed by atoms with Gasteiger partial charge in [0.05, 0.1) is 12.7 Å². The Morgan fingerprint density at radius 3 is 2.80 bits per heavy atom. The van der Waals surface area contributed by atoms with Crippen molar-refractivity contribution in [2.75, 3.05) is 0 Å². The van der Waals surface area contributed by atoms with E-state index in [0.29, 0.717) is 23.8 Å². The first-order chi connectivity index (χ1) is 9.63. The number of allylic oxidation sites excluding steroid dienone is 4. The van der Waals surface area contributed by atoms with Crippen LogP contribution in [-0.4, -0.2) is 4.98 Å². The summed E-state index contributed by atoms with van der Waals surface area (Å²) in [6.07, 6.45) is 7.09. The average molecular weight is 269 g/mol. The van der Waals surface area contributed by atoms with Crippen LogP contribution >= 0.6 is 0 Å². The SMILES string of the molecule is C=C/C=C(/C)C(=C)OC(=C)Cc1ncccccco1. The normalized spacial score (nSPS) is 10.3. The van der Waals surface area contributed by atoms with Gasteiger partial charge in [0.1, 0.15) is 11.5 Å². The molecule has 1 aromatic heterocycles. The fourth-order valence-corrected chi connectivity index (χ4v) is 1.31. The summed E-state index contributed by atoms with van der Waals surface area (Å²) in [5, 5.41) is 0. The van der Waals surface area contributed by atoms with Gasteiger partial charge >= 0.3 is 0 Å². The van der Waals surface area contributed by atoms with Crippen molar-refractivity contribution in [3.05, 3.63) is 91.6 Å². The van der Waals surface area contributed by atoms with E-state index in [2.05, 4.69) is 24.7 Å². The lowest BCUT2D eigenvalue weighted by atomic mass is 10.2. The van der Waals surface area contributed by atoms with Gasteiger partial charge in [-0.15, -0.1) is 0 Å². The van der Waals surface area contributed by atoms with E-state index in [1.807, 2.05) is 31.2 Å². The molecule has 0 aromatic carbocycles. The van der Waals surface area contributed by atoms with Crippen LogP contribution in [0.2, 0.25) is 0 Å². The minimum atomic E-state index is 0.370. The first-order valence-electron chi connectivity index (χ1n) is 6.19. The minimum Gasteiger partial charge on any atom is -0.462 e. The van der Waals surface area contributed by atoms with Crippen molar-refractivity contribution in [1.29, 1.82) is 0 Å². The quantitative estimate of drug-likeness (QED) is 0.562. The largest absolute Gasteiger partial charge is 0.462 e. The molecule has 0 N–H and O–H groups in total. The number of aromatic nitrogens is 1. The first-order valence-corrected chi connectivity index (χ1v) is 6.19. The van der Waals surface area contributed by atoms with Gasteiger partial charge in [-0.25, -0.2) is 4.98 Å². The van der Waals surface area contributed by atoms with E-state index in [1.165, 1.54) is 0 Å². The highest BCUT2D eigenvalue weighted by atomic mass is 16.5. The third-order valence-electron chi connectivity index (χ3n) is 2.34. The summed E-state index contributed by atoms with van der Waals surface area (Å²) in [5.41, 5.74) is 0.891. The molecule has 0 aliphatic heterocycles. The summed E-state index contributed by atoms with van der Waals surface area (Å²) in [6, 6.07) is 7.32. The van der Waals surface area contributed by atoms with Gasteiger partial charge < -0.3 is 9.15 Å². The van der Waals surface area contributed by atoms with Crippen molar-refractivity contribution in [2.45, 2.75) is 13.3 Å². The van der Waals surface area contributed by atoms with Crippen LogP contribution in [0.4, 0.5) is 0 Å². The fraction of sp³-hybridized carbons (Fsp3) is 0.118. The maximum Gasteiger partial charge on any atom is 0.201 e. The van der Waals surface area contributed by atoms with Gasteiger partial charge in [-0.2, -0.15) is 0 Å². The average Bonchev–Trinajstić information content (AvgIpc) is 2.53. The summed E-state index contributed by atoms with van der Waals surface area (Å²) >= 11 is 0. The van der Waals surface area contributed by atoms with Crippen LogP contribution in [0.15, 0.2) is 90.1 Å². The van der Waals surface area contributed by atoms with Gasteiger partial charge in [0.25, 0.3) is 0 Å². The van der Waals surface area contributed by atoms with E-state index in [-0.39, 0.29) is 0 Å². The second-order valence-corrected chi connectivity index (χ2v) is 4.02. The second-order valence-electron chi connectivity index (χ2n) is 4.02. The summed E-state index contributed by atoms with van der Waals surface area (Å²) in [4.78, 5) is 4.18. The molecular weight excluding hydrogens is 250 g/mol. The van der Waals surface area contributed by atoms with Crippen molar-refractivity contribution < 1.29 is 9.15 Å². The number of ether oxygens (including phenoxy) is 1. The molecule has 3 heteroatoms. The molecule has 0 aliphatic rings. The smallest absolute Gasteiger partial charge is 0.201 e. The van der Waals surface area contributed by atoms with E-state index >= 15 is 0 Å². The van der Waals surface area contributed by atoms with Crippen molar-refractivity contribution in [2.24, 2.45) is 0 Å². The van der Waals surface area contributed by atoms with Gasteiger partial charge in [0.15, 0.2) is 0 Å². The highest BCUT2D eigenvalue weighted by molar-refractivity contribution is 5.25. The van der Waals surface area contributed by atoms with E-state index in [1.54, 1.807) is 24.6 Å². The van der Waals surface area contributed by atoms with Crippen LogP contribution in [0.25, 0.3) is 0 Å². The van der Waals surface area contributed by atoms with Crippen LogP contribution in [0.3, 0.4) is 0 Å². The predicted octanol–water partition coefficient (Wildman–Crippen LogP) is 4.52. The Bertz CT molecular complexity index is 542. The van der Waals surface area contributed by atoms with E-state index in [0.717, 1.165) is 5.57 Å². The minimum absolute atomic E-state index is 0.370. The first kappa shape index (κ1) is 15.5. The van der Waals surface area contributed by atoms with Crippen molar-refractivity contribution in [3.8, 4) is 0 Å². The van der Waals surface area contributed by atoms with Crippen LogP contribution in [-0.2, 0) is 11.2 Å². The standard InChI is InChI=1S/C17H19NO2/c1-5-10-14(2)16(4)20-15(3)13-17-18-11-8-6-7-9-12-19-17/h5-12H,1,3-4,13H2,2H3/b7-6?,11-8?,12-9?,14-10-,18-17?. The highest BCUT2D eigenvalue weighted by Gasteiger charge is 2.04. The predicted molar refractivity (Wildman–Crippen MR) is 81.2 cm³/mol. The second kappa shape index (κ2) is 8.53. The third-order valence-corrected chi connectivity index (χ3v) is 2.34. The maximum atomic E-state index is 5.54. The van der Waals surface area contributed by atoms with Gasteiger partial charge in [-0.1, -0.05) is 44.0 Å². The van der Waals surface area contributed by atoms with Crippen molar-refractivity contribution >= 4 is 0 Å². The van der Waals surface area contributed by atoms with Crippen molar-refractivity contribution in [3.63, 3.8) is 0 Å². The molecule has 0 bridgehead atoms. The van der Waals surface area contributed by atoms with Crippen molar-refractivity contribution in [1.82, 2.24) is 4.98 Å². The molecule has 0 fully saturated rings. The van der Waals surface area contributed by atoms with Gasteiger partial charge in [-0.05, 0) is 24.6 Å². The molecule has 0 aliphatic carbocycles. The number of hydrogen-bond acceptors (Lipinski definition) is 3. The van der Waals surface area contributed by atoms with Crippen LogP contribution in [0.5, 0.6) is 0 Å². The molecule has 0 saturated heterocycles. The molecule has 104 valence electrons. The van der Waals surface area contributed by atoms with Gasteiger partial charge in [0.2, 0.25) is 5.89 Å². The molecule has 0 spiro atoms. The summed E-state index contributed by atoms with van der Waals surface area (Å²) in [6.45, 7) is 13.2. The van der Waals surface area contributed by atoms with Gasteiger partial charge in [-0.3, -0.25) is 0 Å². The summed E-state index contributed by atoms with van der Waals surface area (Å²) < 4.78 is 10.9. The van der Waals surface area contributed by atoms with E-state index < -0.39 is 0 Å². The Balaban J connectivity index is 2.72. The molecule has 1 rings (SSSR count). The maximum absolute atomic E-state index is 5.54. The molecule has 0 saturated carbocycles. The molecule has 0 radical (unpaired) electrons. The lowest BCUT2D eigenvalue weighted by Gasteiger charge is -2.10. The Hall–Kier alpha value is -2.55. The zero-order valence-corrected chi connectivity index (χ0v) is 11.7. The lowest BCUT2D eigenvalue weighted by molar-refractivity contribution is 0.299. The monoisotopic (exact) mass is 269 g/mol. The van der Waals surface area contributed by atoms with Crippen LogP contribution < -0.4 is 0 Å². The molecule has 3 nitrogen and oxygen atoms in total. The lowest BCUT2D eigenvalue weighted by Crippen LogP contribution is -1.97. The van der Waals surface area contributed by atoms with E-state index in [4.69, 9.17) is 9.15 Å². The van der Waals surface area contributed by atoms with E-state index in [9.17, 15) is 0 Å². The van der Waals surface area contributed by atoms with Crippen LogP contribution in [0.1, 0.15) is 12.8 Å². The Labute approximate surface area is 119 Å². The molecule has 0 atom stereocenters. The summed E-state index contributed by atoms with van der Waals surface area (Å²) in [7, 11) is 0. The Morgan fingerprint density at radius 1 is 1.30 bits per heavy atom. The molecule has 20 heavy (non-hydrogen) atoms. The zero-order valence-electron chi connectivity index (χ0n) is 11.7. The molecule has 0 amide bonds. The number of nitrogens with zero attached hydrogens (tertiary/aromatic N) is 1. The zero-order chi connectivity index (χ0) is 14.8. The molecule has 1 heterocycles. The molecule has 0 unspecified atom stereocenters. The third kappa shape index (κ3) is 5.87. The van der Waals surface area contributed by atoms with Crippen LogP contribution in [0, 0.1) is 0 Å². The number of rotatable bonds is 6. The Kier molecular flexibility index (Phi) is 6.62. The topological polar surface area (TPSA) is 35.3 Å². The number of hydrogen-bond donors (Lipinski definition) is 0. The molecular formula is C17H19NO2. The fourth-order valence-electron chi connectivity index (χ4n) is 1.31. The van der Waals surface area contributed by atoms with Gasteiger partial charge in [0, 0.05) is 6.20 Å². The Morgan fingerprint density at radius 2 is 2.05 bits per heavy atom.